The molecule has 1 heterocycles. The number of hydrogen-bond acceptors (Lipinski definition) is 3. The van der Waals surface area contributed by atoms with Crippen LogP contribution in [0.4, 0.5) is 0 Å². The van der Waals surface area contributed by atoms with Crippen LogP contribution in [0, 0.1) is 0 Å². The zero-order chi connectivity index (χ0) is 11.3. The average Bonchev–Trinajstić information content (AvgIpc) is 2.70. The molecule has 2 atom stereocenters. The van der Waals surface area contributed by atoms with Gasteiger partial charge >= 0.3 is 0 Å². The molecule has 0 spiro atoms. The Morgan fingerprint density at radius 3 is 2.93 bits per heavy atom. The van der Waals surface area contributed by atoms with Crippen molar-refractivity contribution in [2.45, 2.75) is 38.8 Å². The number of nitrogens with one attached hydrogen (secondary N) is 1. The maximum absolute atomic E-state index is 11.5. The van der Waals surface area contributed by atoms with E-state index in [2.05, 4.69) is 5.32 Å². The number of nitrogens with two attached hydrogens (primary N) is 1. The summed E-state index contributed by atoms with van der Waals surface area (Å²) in [6.07, 6.45) is 1.24. The van der Waals surface area contributed by atoms with Gasteiger partial charge in [0.2, 0.25) is 5.91 Å². The quantitative estimate of drug-likeness (QED) is 0.807. The number of amides is 1. The molecule has 1 amide bonds. The molecular formula is C11H18N2OS. The summed E-state index contributed by atoms with van der Waals surface area (Å²) in [5.74, 6) is 0.0326. The molecule has 0 fully saturated rings. The summed E-state index contributed by atoms with van der Waals surface area (Å²) in [5, 5.41) is 4.95. The van der Waals surface area contributed by atoms with Gasteiger partial charge in [0.1, 0.15) is 0 Å². The fourth-order valence-corrected chi connectivity index (χ4v) is 2.03. The fourth-order valence-electron chi connectivity index (χ4n) is 1.29. The van der Waals surface area contributed by atoms with Gasteiger partial charge < -0.3 is 11.1 Å². The lowest BCUT2D eigenvalue weighted by atomic mass is 10.1. The van der Waals surface area contributed by atoms with E-state index in [9.17, 15) is 4.79 Å². The van der Waals surface area contributed by atoms with Crippen molar-refractivity contribution in [3.63, 3.8) is 0 Å². The lowest BCUT2D eigenvalue weighted by molar-refractivity contribution is -0.122. The van der Waals surface area contributed by atoms with Crippen molar-refractivity contribution in [3.8, 4) is 0 Å². The van der Waals surface area contributed by atoms with Crippen LogP contribution in [0.25, 0.3) is 0 Å². The third kappa shape index (κ3) is 4.01. The highest BCUT2D eigenvalue weighted by Gasteiger charge is 2.12. The SMILES string of the molecule is CCC(N)CC(=O)N[C@H](C)c1cccs1. The minimum absolute atomic E-state index is 0.0273. The fraction of sp³-hybridized carbons (Fsp3) is 0.545. The minimum atomic E-state index is -0.0273. The van der Waals surface area contributed by atoms with Crippen LogP contribution in [0.1, 0.15) is 37.6 Å². The zero-order valence-corrected chi connectivity index (χ0v) is 10.0. The van der Waals surface area contributed by atoms with E-state index in [1.54, 1.807) is 11.3 Å². The molecule has 0 aliphatic heterocycles. The molecule has 1 rings (SSSR count). The number of rotatable bonds is 5. The monoisotopic (exact) mass is 226 g/mol. The summed E-state index contributed by atoms with van der Waals surface area (Å²) in [6.45, 7) is 3.97. The van der Waals surface area contributed by atoms with Gasteiger partial charge in [0.15, 0.2) is 0 Å². The number of thiophene rings is 1. The van der Waals surface area contributed by atoms with Gasteiger partial charge in [0.25, 0.3) is 0 Å². The third-order valence-electron chi connectivity index (χ3n) is 2.32. The molecule has 1 aromatic heterocycles. The van der Waals surface area contributed by atoms with Gasteiger partial charge in [0.05, 0.1) is 6.04 Å². The molecule has 1 aromatic rings. The van der Waals surface area contributed by atoms with E-state index in [1.807, 2.05) is 31.4 Å². The Morgan fingerprint density at radius 1 is 1.67 bits per heavy atom. The summed E-state index contributed by atoms with van der Waals surface area (Å²) in [6, 6.07) is 4.07. The van der Waals surface area contributed by atoms with Gasteiger partial charge in [-0.25, -0.2) is 0 Å². The average molecular weight is 226 g/mol. The van der Waals surface area contributed by atoms with Crippen LogP contribution in [0.15, 0.2) is 17.5 Å². The maximum Gasteiger partial charge on any atom is 0.222 e. The second kappa shape index (κ2) is 5.88. The summed E-state index contributed by atoms with van der Waals surface area (Å²) in [7, 11) is 0. The molecule has 3 N–H and O–H groups in total. The zero-order valence-electron chi connectivity index (χ0n) is 9.19. The van der Waals surface area contributed by atoms with Crippen LogP contribution in [0.5, 0.6) is 0 Å². The number of hydrogen-bond donors (Lipinski definition) is 2. The highest BCUT2D eigenvalue weighted by atomic mass is 32.1. The molecule has 3 nitrogen and oxygen atoms in total. The van der Waals surface area contributed by atoms with Crippen molar-refractivity contribution in [2.24, 2.45) is 5.73 Å². The van der Waals surface area contributed by atoms with Crippen molar-refractivity contribution < 1.29 is 4.79 Å². The summed E-state index contributed by atoms with van der Waals surface area (Å²) < 4.78 is 0. The third-order valence-corrected chi connectivity index (χ3v) is 3.37. The van der Waals surface area contributed by atoms with Gasteiger partial charge in [0, 0.05) is 17.3 Å². The van der Waals surface area contributed by atoms with E-state index in [1.165, 1.54) is 4.88 Å². The van der Waals surface area contributed by atoms with E-state index in [4.69, 9.17) is 5.73 Å². The molecule has 84 valence electrons. The highest BCUT2D eigenvalue weighted by molar-refractivity contribution is 7.10. The number of carbonyl (C=O) groups excluding carboxylic acids is 1. The molecule has 0 aliphatic rings. The maximum atomic E-state index is 11.5. The summed E-state index contributed by atoms with van der Waals surface area (Å²) >= 11 is 1.65. The van der Waals surface area contributed by atoms with E-state index in [-0.39, 0.29) is 18.0 Å². The van der Waals surface area contributed by atoms with Crippen molar-refractivity contribution in [1.29, 1.82) is 0 Å². The predicted molar refractivity (Wildman–Crippen MR) is 63.8 cm³/mol. The van der Waals surface area contributed by atoms with E-state index in [0.717, 1.165) is 6.42 Å². The molecule has 0 saturated heterocycles. The van der Waals surface area contributed by atoms with Crippen LogP contribution >= 0.6 is 11.3 Å². The van der Waals surface area contributed by atoms with Gasteiger partial charge in [-0.1, -0.05) is 13.0 Å². The van der Waals surface area contributed by atoms with Crippen molar-refractivity contribution in [2.75, 3.05) is 0 Å². The van der Waals surface area contributed by atoms with E-state index < -0.39 is 0 Å². The van der Waals surface area contributed by atoms with Crippen molar-refractivity contribution >= 4 is 17.2 Å². The Kier molecular flexibility index (Phi) is 4.78. The second-order valence-electron chi connectivity index (χ2n) is 3.68. The first-order valence-corrected chi connectivity index (χ1v) is 6.09. The van der Waals surface area contributed by atoms with E-state index >= 15 is 0 Å². The Morgan fingerprint density at radius 2 is 2.40 bits per heavy atom. The minimum Gasteiger partial charge on any atom is -0.349 e. The highest BCUT2D eigenvalue weighted by Crippen LogP contribution is 2.18. The van der Waals surface area contributed by atoms with Gasteiger partial charge in [-0.2, -0.15) is 0 Å². The number of carbonyl (C=O) groups is 1. The molecule has 0 aromatic carbocycles. The Hall–Kier alpha value is -0.870. The topological polar surface area (TPSA) is 55.1 Å². The van der Waals surface area contributed by atoms with Crippen LogP contribution in [-0.4, -0.2) is 11.9 Å². The molecular weight excluding hydrogens is 208 g/mol. The van der Waals surface area contributed by atoms with Gasteiger partial charge in [-0.15, -0.1) is 11.3 Å². The first-order chi connectivity index (χ1) is 7.13. The lowest BCUT2D eigenvalue weighted by Crippen LogP contribution is -2.32. The van der Waals surface area contributed by atoms with Crippen molar-refractivity contribution in [1.82, 2.24) is 5.32 Å². The summed E-state index contributed by atoms with van der Waals surface area (Å²) in [4.78, 5) is 12.7. The van der Waals surface area contributed by atoms with Gasteiger partial charge in [-0.3, -0.25) is 4.79 Å². The molecule has 0 radical (unpaired) electrons. The smallest absolute Gasteiger partial charge is 0.222 e. The molecule has 15 heavy (non-hydrogen) atoms. The van der Waals surface area contributed by atoms with E-state index in [0.29, 0.717) is 6.42 Å². The van der Waals surface area contributed by atoms with Crippen LogP contribution in [0.3, 0.4) is 0 Å². The normalized spacial score (nSPS) is 14.6. The molecule has 1 unspecified atom stereocenters. The predicted octanol–water partition coefficient (Wildman–Crippen LogP) is 2.05. The van der Waals surface area contributed by atoms with Gasteiger partial charge in [-0.05, 0) is 24.8 Å². The molecule has 0 aliphatic carbocycles. The molecule has 0 bridgehead atoms. The Balaban J connectivity index is 2.38. The molecule has 4 heteroatoms. The van der Waals surface area contributed by atoms with Crippen LogP contribution in [-0.2, 0) is 4.79 Å². The second-order valence-corrected chi connectivity index (χ2v) is 4.66. The Bertz CT molecular complexity index is 298. The van der Waals surface area contributed by atoms with Crippen molar-refractivity contribution in [3.05, 3.63) is 22.4 Å². The standard InChI is InChI=1S/C11H18N2OS/c1-3-9(12)7-11(14)13-8(2)10-5-4-6-15-10/h4-6,8-9H,3,7,12H2,1-2H3,(H,13,14)/t8-,9?/m1/s1. The first-order valence-electron chi connectivity index (χ1n) is 5.21. The molecule has 0 saturated carbocycles. The van der Waals surface area contributed by atoms with Crippen LogP contribution in [0.2, 0.25) is 0 Å². The first kappa shape index (κ1) is 12.2. The van der Waals surface area contributed by atoms with Crippen LogP contribution < -0.4 is 11.1 Å². The summed E-state index contributed by atoms with van der Waals surface area (Å²) in [5.41, 5.74) is 5.71. The largest absolute Gasteiger partial charge is 0.349 e. The lowest BCUT2D eigenvalue weighted by Gasteiger charge is -2.14. The Labute approximate surface area is 94.7 Å².